The molecule has 4 rings (SSSR count). The number of anilines is 2. The van der Waals surface area contributed by atoms with E-state index in [2.05, 4.69) is 56.6 Å². The molecule has 30 heavy (non-hydrogen) atoms. The monoisotopic (exact) mass is 427 g/mol. The Kier molecular flexibility index (Phi) is 7.60. The van der Waals surface area contributed by atoms with Crippen molar-refractivity contribution in [2.45, 2.75) is 19.3 Å². The van der Waals surface area contributed by atoms with Crippen LogP contribution >= 0.6 is 12.4 Å². The third-order valence-electron chi connectivity index (χ3n) is 5.70. The molecule has 3 aromatic rings. The summed E-state index contributed by atoms with van der Waals surface area (Å²) >= 11 is 0. The van der Waals surface area contributed by atoms with Gasteiger partial charge in [0.25, 0.3) is 0 Å². The van der Waals surface area contributed by atoms with Crippen LogP contribution in [-0.4, -0.2) is 48.6 Å². The molecular weight excluding hydrogens is 398 g/mol. The van der Waals surface area contributed by atoms with Gasteiger partial charge in [-0.15, -0.1) is 12.4 Å². The first-order valence-corrected chi connectivity index (χ1v) is 10.4. The molecule has 7 heteroatoms. The molecule has 4 N–H and O–H groups in total. The lowest BCUT2D eigenvalue weighted by Crippen LogP contribution is -2.46. The summed E-state index contributed by atoms with van der Waals surface area (Å²) in [5.74, 6) is 0. The third kappa shape index (κ3) is 5.46. The molecule has 1 fully saturated rings. The molecule has 0 aliphatic carbocycles. The molecule has 2 aromatic carbocycles. The van der Waals surface area contributed by atoms with Gasteiger partial charge in [0, 0.05) is 54.7 Å². The second-order valence-corrected chi connectivity index (χ2v) is 7.68. The Morgan fingerprint density at radius 3 is 2.53 bits per heavy atom. The zero-order valence-corrected chi connectivity index (χ0v) is 18.0. The number of H-pyrrole nitrogens is 1. The van der Waals surface area contributed by atoms with Gasteiger partial charge in [-0.05, 0) is 61.7 Å². The number of carbonyl (C=O) groups is 1. The van der Waals surface area contributed by atoms with Crippen LogP contribution in [0.15, 0.2) is 54.7 Å². The fourth-order valence-electron chi connectivity index (χ4n) is 4.12. The minimum atomic E-state index is -0.534. The van der Waals surface area contributed by atoms with E-state index in [-0.39, 0.29) is 12.4 Å². The zero-order valence-electron chi connectivity index (χ0n) is 17.1. The van der Waals surface area contributed by atoms with Gasteiger partial charge >= 0.3 is 6.03 Å². The van der Waals surface area contributed by atoms with Crippen molar-refractivity contribution in [2.75, 3.05) is 42.9 Å². The number of hydrogen-bond acceptors (Lipinski definition) is 3. The highest BCUT2D eigenvalue weighted by molar-refractivity contribution is 5.93. The largest absolute Gasteiger partial charge is 0.369 e. The molecule has 0 atom stereocenters. The SMILES string of the molecule is Cl.NC(=O)Nc1ccc2[nH]cc(CCCCN3CCN(c4ccccc4)CC3)c2c1. The lowest BCUT2D eigenvalue weighted by Gasteiger charge is -2.36. The first-order valence-electron chi connectivity index (χ1n) is 10.4. The maximum atomic E-state index is 11.1. The summed E-state index contributed by atoms with van der Waals surface area (Å²) in [6.07, 6.45) is 5.46. The molecule has 1 aromatic heterocycles. The van der Waals surface area contributed by atoms with Crippen LogP contribution in [-0.2, 0) is 6.42 Å². The third-order valence-corrected chi connectivity index (χ3v) is 5.70. The first-order chi connectivity index (χ1) is 14.2. The normalized spacial score (nSPS) is 14.5. The number of primary amides is 1. The van der Waals surface area contributed by atoms with E-state index in [1.54, 1.807) is 0 Å². The number of amides is 2. The summed E-state index contributed by atoms with van der Waals surface area (Å²) in [6, 6.07) is 16.0. The van der Waals surface area contributed by atoms with Crippen molar-refractivity contribution in [1.29, 1.82) is 0 Å². The van der Waals surface area contributed by atoms with Crippen molar-refractivity contribution >= 4 is 40.7 Å². The smallest absolute Gasteiger partial charge is 0.316 e. The molecular formula is C23H30ClN5O. The van der Waals surface area contributed by atoms with Gasteiger partial charge in [-0.3, -0.25) is 4.90 Å². The number of aryl methyl sites for hydroxylation is 1. The van der Waals surface area contributed by atoms with Gasteiger partial charge in [0.05, 0.1) is 0 Å². The van der Waals surface area contributed by atoms with Gasteiger partial charge < -0.3 is 20.9 Å². The van der Waals surface area contributed by atoms with Crippen LogP contribution in [0.3, 0.4) is 0 Å². The van der Waals surface area contributed by atoms with E-state index in [4.69, 9.17) is 5.73 Å². The van der Waals surface area contributed by atoms with Gasteiger partial charge in [0.2, 0.25) is 0 Å². The van der Waals surface area contributed by atoms with Gasteiger partial charge in [-0.2, -0.15) is 0 Å². The Labute approximate surface area is 183 Å². The van der Waals surface area contributed by atoms with Crippen LogP contribution < -0.4 is 16.0 Å². The molecule has 160 valence electrons. The second-order valence-electron chi connectivity index (χ2n) is 7.68. The number of benzene rings is 2. The molecule has 0 bridgehead atoms. The van der Waals surface area contributed by atoms with Crippen LogP contribution in [0.2, 0.25) is 0 Å². The van der Waals surface area contributed by atoms with E-state index < -0.39 is 6.03 Å². The maximum Gasteiger partial charge on any atom is 0.316 e. The number of unbranched alkanes of at least 4 members (excludes halogenated alkanes) is 1. The lowest BCUT2D eigenvalue weighted by atomic mass is 10.1. The van der Waals surface area contributed by atoms with Gasteiger partial charge in [0.15, 0.2) is 0 Å². The van der Waals surface area contributed by atoms with E-state index in [1.807, 2.05) is 18.2 Å². The number of urea groups is 1. The molecule has 0 radical (unpaired) electrons. The second kappa shape index (κ2) is 10.4. The van der Waals surface area contributed by atoms with E-state index in [0.717, 1.165) is 62.2 Å². The Morgan fingerprint density at radius 2 is 1.80 bits per heavy atom. The van der Waals surface area contributed by atoms with E-state index in [9.17, 15) is 4.79 Å². The number of nitrogens with zero attached hydrogens (tertiary/aromatic N) is 2. The predicted molar refractivity (Wildman–Crippen MR) is 127 cm³/mol. The summed E-state index contributed by atoms with van der Waals surface area (Å²) in [5.41, 5.74) is 9.68. The van der Waals surface area contributed by atoms with Crippen LogP contribution in [0, 0.1) is 0 Å². The van der Waals surface area contributed by atoms with Gasteiger partial charge in [0.1, 0.15) is 0 Å². The summed E-state index contributed by atoms with van der Waals surface area (Å²) in [5, 5.41) is 3.81. The Hall–Kier alpha value is -2.70. The molecule has 0 spiro atoms. The van der Waals surface area contributed by atoms with Crippen molar-refractivity contribution in [1.82, 2.24) is 9.88 Å². The van der Waals surface area contributed by atoms with Crippen LogP contribution in [0.1, 0.15) is 18.4 Å². The maximum absolute atomic E-state index is 11.1. The quantitative estimate of drug-likeness (QED) is 0.494. The number of halogens is 1. The number of aromatic nitrogens is 1. The minimum Gasteiger partial charge on any atom is -0.369 e. The predicted octanol–water partition coefficient (Wildman–Crippen LogP) is 4.23. The van der Waals surface area contributed by atoms with E-state index >= 15 is 0 Å². The van der Waals surface area contributed by atoms with Crippen molar-refractivity contribution < 1.29 is 4.79 Å². The van der Waals surface area contributed by atoms with Crippen molar-refractivity contribution in [3.05, 3.63) is 60.3 Å². The molecule has 1 saturated heterocycles. The topological polar surface area (TPSA) is 77.4 Å². The molecule has 1 aliphatic rings. The Morgan fingerprint density at radius 1 is 1.03 bits per heavy atom. The number of rotatable bonds is 7. The van der Waals surface area contributed by atoms with Crippen LogP contribution in [0.25, 0.3) is 10.9 Å². The van der Waals surface area contributed by atoms with Crippen molar-refractivity contribution in [3.63, 3.8) is 0 Å². The molecule has 2 amide bonds. The zero-order chi connectivity index (χ0) is 20.1. The minimum absolute atomic E-state index is 0. The molecule has 0 unspecified atom stereocenters. The fraction of sp³-hybridized carbons (Fsp3) is 0.348. The van der Waals surface area contributed by atoms with Crippen molar-refractivity contribution in [2.24, 2.45) is 5.73 Å². The number of nitrogens with one attached hydrogen (secondary N) is 2. The summed E-state index contributed by atoms with van der Waals surface area (Å²) < 4.78 is 0. The highest BCUT2D eigenvalue weighted by Gasteiger charge is 2.16. The van der Waals surface area contributed by atoms with Gasteiger partial charge in [-0.25, -0.2) is 4.79 Å². The Balaban J connectivity index is 0.00000256. The average molecular weight is 428 g/mol. The van der Waals surface area contributed by atoms with Crippen molar-refractivity contribution in [3.8, 4) is 0 Å². The number of hydrogen-bond donors (Lipinski definition) is 3. The number of aromatic amines is 1. The lowest BCUT2D eigenvalue weighted by molar-refractivity contribution is 0.253. The molecule has 2 heterocycles. The summed E-state index contributed by atoms with van der Waals surface area (Å²) in [6.45, 7) is 5.61. The number of para-hydroxylation sites is 1. The first kappa shape index (κ1) is 22.0. The standard InChI is InChI=1S/C23H29N5O.ClH/c24-23(29)26-19-9-10-22-21(16-19)18(17-25-22)6-4-5-11-27-12-14-28(15-13-27)20-7-2-1-3-8-20;/h1-3,7-10,16-17,25H,4-6,11-15H2,(H3,24,26,29);1H. The highest BCUT2D eigenvalue weighted by Crippen LogP contribution is 2.24. The molecule has 6 nitrogen and oxygen atoms in total. The summed E-state index contributed by atoms with van der Waals surface area (Å²) in [7, 11) is 0. The highest BCUT2D eigenvalue weighted by atomic mass is 35.5. The van der Waals surface area contributed by atoms with E-state index in [0.29, 0.717) is 0 Å². The summed E-state index contributed by atoms with van der Waals surface area (Å²) in [4.78, 5) is 19.5. The number of nitrogens with two attached hydrogens (primary N) is 1. The fourth-order valence-corrected chi connectivity index (χ4v) is 4.12. The van der Waals surface area contributed by atoms with E-state index in [1.165, 1.54) is 17.7 Å². The molecule has 0 saturated carbocycles. The van der Waals surface area contributed by atoms with Gasteiger partial charge in [-0.1, -0.05) is 18.2 Å². The number of piperazine rings is 1. The average Bonchev–Trinajstić information content (AvgIpc) is 3.14. The van der Waals surface area contributed by atoms with Crippen LogP contribution in [0.4, 0.5) is 16.2 Å². The number of fused-ring (bicyclic) bond motifs is 1. The molecule has 1 aliphatic heterocycles. The van der Waals surface area contributed by atoms with Crippen LogP contribution in [0.5, 0.6) is 0 Å². The number of carbonyl (C=O) groups excluding carboxylic acids is 1. The Bertz CT molecular complexity index is 951.